The van der Waals surface area contributed by atoms with Gasteiger partial charge in [-0.05, 0) is 29.2 Å². The number of aromatic carboxylic acids is 1. The molecule has 0 saturated heterocycles. The van der Waals surface area contributed by atoms with E-state index >= 15 is 0 Å². The molecule has 0 aliphatic carbocycles. The van der Waals surface area contributed by atoms with E-state index in [2.05, 4.69) is 0 Å². The maximum atomic E-state index is 12.8. The number of hydrogen-bond acceptors (Lipinski definition) is 3. The van der Waals surface area contributed by atoms with Gasteiger partial charge in [0.2, 0.25) is 0 Å². The normalized spacial score (nSPS) is 11.9. The van der Waals surface area contributed by atoms with Crippen molar-refractivity contribution >= 4 is 23.0 Å². The Bertz CT molecular complexity index is 720. The molecule has 2 rings (SSSR count). The predicted molar refractivity (Wildman–Crippen MR) is 80.2 cm³/mol. The minimum absolute atomic E-state index is 0.0453. The Morgan fingerprint density at radius 1 is 1.32 bits per heavy atom. The fraction of sp³-hybridized carbons (Fsp3) is 0.267. The fourth-order valence-electron chi connectivity index (χ4n) is 2.24. The molecule has 3 nitrogen and oxygen atoms in total. The summed E-state index contributed by atoms with van der Waals surface area (Å²) in [6.07, 6.45) is -4.45. The molecular formula is C15H14F3NO2S. The summed E-state index contributed by atoms with van der Waals surface area (Å²) in [6.45, 7) is 3.64. The van der Waals surface area contributed by atoms with Gasteiger partial charge < -0.3 is 10.8 Å². The summed E-state index contributed by atoms with van der Waals surface area (Å²) in [5, 5.41) is 9.17. The van der Waals surface area contributed by atoms with Gasteiger partial charge in [-0.3, -0.25) is 0 Å². The number of rotatable bonds is 3. The summed E-state index contributed by atoms with van der Waals surface area (Å²) in [6, 6.07) is 4.83. The van der Waals surface area contributed by atoms with Crippen molar-refractivity contribution in [3.8, 4) is 10.4 Å². The predicted octanol–water partition coefficient (Wildman–Crippen LogP) is 4.84. The lowest BCUT2D eigenvalue weighted by atomic mass is 9.97. The number of carboxylic acids is 1. The van der Waals surface area contributed by atoms with Crippen molar-refractivity contribution in [3.63, 3.8) is 0 Å². The van der Waals surface area contributed by atoms with Crippen molar-refractivity contribution in [2.75, 3.05) is 5.73 Å². The van der Waals surface area contributed by atoms with E-state index in [0.29, 0.717) is 16.0 Å². The van der Waals surface area contributed by atoms with Crippen LogP contribution in [0.15, 0.2) is 24.3 Å². The molecule has 22 heavy (non-hydrogen) atoms. The summed E-state index contributed by atoms with van der Waals surface area (Å²) in [5.41, 5.74) is 6.12. The number of benzene rings is 1. The van der Waals surface area contributed by atoms with Crippen LogP contribution in [0.2, 0.25) is 0 Å². The van der Waals surface area contributed by atoms with Gasteiger partial charge in [-0.1, -0.05) is 26.0 Å². The van der Waals surface area contributed by atoms with Crippen LogP contribution in [0, 0.1) is 0 Å². The molecule has 0 radical (unpaired) electrons. The lowest BCUT2D eigenvalue weighted by molar-refractivity contribution is -0.137. The third-order valence-electron chi connectivity index (χ3n) is 3.21. The summed E-state index contributed by atoms with van der Waals surface area (Å²) < 4.78 is 38.5. The van der Waals surface area contributed by atoms with Gasteiger partial charge in [0.1, 0.15) is 4.88 Å². The van der Waals surface area contributed by atoms with Gasteiger partial charge in [0.05, 0.1) is 11.3 Å². The molecule has 0 fully saturated rings. The van der Waals surface area contributed by atoms with Gasteiger partial charge in [-0.15, -0.1) is 11.3 Å². The zero-order chi connectivity index (χ0) is 16.7. The second-order valence-electron chi connectivity index (χ2n) is 5.13. The van der Waals surface area contributed by atoms with Crippen molar-refractivity contribution in [3.05, 3.63) is 40.3 Å². The standard InChI is InChI=1S/C15H14F3NO2S/c1-7(2)10-11(19)13(14(20)21)22-12(10)8-4-3-5-9(6-8)15(16,17)18/h3-7H,19H2,1-2H3,(H,20,21). The number of carboxylic acid groups (broad SMARTS) is 1. The number of anilines is 1. The molecule has 1 aromatic carbocycles. The van der Waals surface area contributed by atoms with Crippen LogP contribution in [0.3, 0.4) is 0 Å². The first-order valence-electron chi connectivity index (χ1n) is 6.46. The Kier molecular flexibility index (Phi) is 4.19. The van der Waals surface area contributed by atoms with E-state index in [-0.39, 0.29) is 16.5 Å². The summed E-state index contributed by atoms with van der Waals surface area (Å²) in [7, 11) is 0. The van der Waals surface area contributed by atoms with Crippen molar-refractivity contribution in [2.24, 2.45) is 0 Å². The third-order valence-corrected chi connectivity index (χ3v) is 4.47. The number of hydrogen-bond donors (Lipinski definition) is 2. The lowest BCUT2D eigenvalue weighted by Crippen LogP contribution is -2.04. The van der Waals surface area contributed by atoms with Gasteiger partial charge in [-0.25, -0.2) is 4.79 Å². The van der Waals surface area contributed by atoms with E-state index < -0.39 is 17.7 Å². The number of nitrogen functional groups attached to an aromatic ring is 1. The second kappa shape index (κ2) is 5.64. The fourth-order valence-corrected chi connectivity index (χ4v) is 3.45. The van der Waals surface area contributed by atoms with Gasteiger partial charge in [-0.2, -0.15) is 13.2 Å². The Labute approximate surface area is 129 Å². The first kappa shape index (κ1) is 16.4. The average molecular weight is 329 g/mol. The average Bonchev–Trinajstić information content (AvgIpc) is 2.76. The topological polar surface area (TPSA) is 63.3 Å². The summed E-state index contributed by atoms with van der Waals surface area (Å²) >= 11 is 0.903. The molecule has 0 spiro atoms. The van der Waals surface area contributed by atoms with E-state index in [1.54, 1.807) is 0 Å². The highest BCUT2D eigenvalue weighted by Gasteiger charge is 2.31. The molecule has 0 bridgehead atoms. The van der Waals surface area contributed by atoms with E-state index in [4.69, 9.17) is 10.8 Å². The Hall–Kier alpha value is -2.02. The summed E-state index contributed by atoms with van der Waals surface area (Å²) in [4.78, 5) is 11.6. The van der Waals surface area contributed by atoms with E-state index in [9.17, 15) is 18.0 Å². The van der Waals surface area contributed by atoms with Crippen LogP contribution < -0.4 is 5.73 Å². The van der Waals surface area contributed by atoms with Gasteiger partial charge in [0, 0.05) is 4.88 Å². The largest absolute Gasteiger partial charge is 0.477 e. The molecule has 1 aromatic heterocycles. The second-order valence-corrected chi connectivity index (χ2v) is 6.15. The van der Waals surface area contributed by atoms with Gasteiger partial charge in [0.15, 0.2) is 0 Å². The molecule has 118 valence electrons. The number of nitrogens with two attached hydrogens (primary N) is 1. The van der Waals surface area contributed by atoms with Gasteiger partial charge in [0.25, 0.3) is 0 Å². The van der Waals surface area contributed by atoms with E-state index in [1.807, 2.05) is 13.8 Å². The van der Waals surface area contributed by atoms with Crippen LogP contribution in [-0.4, -0.2) is 11.1 Å². The minimum Gasteiger partial charge on any atom is -0.477 e. The quantitative estimate of drug-likeness (QED) is 0.847. The lowest BCUT2D eigenvalue weighted by Gasteiger charge is -2.11. The van der Waals surface area contributed by atoms with Crippen molar-refractivity contribution in [1.82, 2.24) is 0 Å². The van der Waals surface area contributed by atoms with Crippen LogP contribution in [0.4, 0.5) is 18.9 Å². The van der Waals surface area contributed by atoms with Crippen molar-refractivity contribution in [2.45, 2.75) is 25.9 Å². The van der Waals surface area contributed by atoms with Crippen molar-refractivity contribution in [1.29, 1.82) is 0 Å². The van der Waals surface area contributed by atoms with E-state index in [0.717, 1.165) is 23.5 Å². The molecule has 0 aliphatic rings. The van der Waals surface area contributed by atoms with Crippen LogP contribution in [0.5, 0.6) is 0 Å². The smallest absolute Gasteiger partial charge is 0.416 e. The number of halogens is 3. The third kappa shape index (κ3) is 2.94. The van der Waals surface area contributed by atoms with Crippen LogP contribution in [0.25, 0.3) is 10.4 Å². The molecule has 7 heteroatoms. The maximum absolute atomic E-state index is 12.8. The Balaban J connectivity index is 2.67. The first-order chi connectivity index (χ1) is 10.1. The SMILES string of the molecule is CC(C)c1c(-c2cccc(C(F)(F)F)c2)sc(C(=O)O)c1N. The Morgan fingerprint density at radius 2 is 1.95 bits per heavy atom. The van der Waals surface area contributed by atoms with Gasteiger partial charge >= 0.3 is 12.1 Å². The van der Waals surface area contributed by atoms with Crippen LogP contribution in [-0.2, 0) is 6.18 Å². The zero-order valence-electron chi connectivity index (χ0n) is 11.9. The Morgan fingerprint density at radius 3 is 2.45 bits per heavy atom. The summed E-state index contributed by atoms with van der Waals surface area (Å²) in [5.74, 6) is -1.28. The van der Waals surface area contributed by atoms with E-state index in [1.165, 1.54) is 12.1 Å². The number of alkyl halides is 3. The first-order valence-corrected chi connectivity index (χ1v) is 7.27. The highest BCUT2D eigenvalue weighted by Crippen LogP contribution is 2.43. The molecule has 0 amide bonds. The molecular weight excluding hydrogens is 315 g/mol. The van der Waals surface area contributed by atoms with Crippen LogP contribution >= 0.6 is 11.3 Å². The number of carbonyl (C=O) groups is 1. The van der Waals surface area contributed by atoms with Crippen LogP contribution in [0.1, 0.15) is 40.6 Å². The zero-order valence-corrected chi connectivity index (χ0v) is 12.7. The number of thiophene rings is 1. The molecule has 1 heterocycles. The molecule has 3 N–H and O–H groups in total. The molecule has 0 aliphatic heterocycles. The monoisotopic (exact) mass is 329 g/mol. The highest BCUT2D eigenvalue weighted by molar-refractivity contribution is 7.18. The molecule has 0 saturated carbocycles. The van der Waals surface area contributed by atoms with Crippen molar-refractivity contribution < 1.29 is 23.1 Å². The molecule has 2 aromatic rings. The maximum Gasteiger partial charge on any atom is 0.416 e. The molecule has 0 unspecified atom stereocenters. The molecule has 0 atom stereocenters. The minimum atomic E-state index is -4.45. The highest BCUT2D eigenvalue weighted by atomic mass is 32.1.